The summed E-state index contributed by atoms with van der Waals surface area (Å²) in [5.74, 6) is 0. The van der Waals surface area contributed by atoms with Gasteiger partial charge in [0, 0.05) is 15.9 Å². The molecule has 0 rings (SSSR count). The lowest BCUT2D eigenvalue weighted by atomic mass is 10.8. The van der Waals surface area contributed by atoms with Gasteiger partial charge in [-0.3, -0.25) is 4.79 Å². The standard InChI is InChI=1S/C2BrF3O3S/c3-1(7)2(4,5)10(6,8)9. The molecule has 0 fully saturated rings. The molecule has 0 aliphatic heterocycles. The maximum Gasteiger partial charge on any atom is 0.441 e. The fourth-order valence-corrected chi connectivity index (χ4v) is 0.868. The minimum Gasteiger partial charge on any atom is -0.278 e. The van der Waals surface area contributed by atoms with Gasteiger partial charge in [-0.15, -0.1) is 0 Å². The molecule has 0 aliphatic rings. The summed E-state index contributed by atoms with van der Waals surface area (Å²) >= 11 is 1.62. The van der Waals surface area contributed by atoms with Crippen LogP contribution in [-0.2, 0) is 15.0 Å². The van der Waals surface area contributed by atoms with Crippen molar-refractivity contribution in [3.63, 3.8) is 0 Å². The highest BCUT2D eigenvalue weighted by atomic mass is 79.9. The number of hydrogen-bond acceptors (Lipinski definition) is 3. The highest BCUT2D eigenvalue weighted by Gasteiger charge is 2.52. The van der Waals surface area contributed by atoms with E-state index in [4.69, 9.17) is 0 Å². The minimum absolute atomic E-state index is 1.62. The van der Waals surface area contributed by atoms with Crippen molar-refractivity contribution in [2.45, 2.75) is 5.25 Å². The molecule has 8 heteroatoms. The van der Waals surface area contributed by atoms with Crippen molar-refractivity contribution >= 4 is 30.8 Å². The second kappa shape index (κ2) is 2.50. The maximum atomic E-state index is 11.7. The highest BCUT2D eigenvalue weighted by Crippen LogP contribution is 2.26. The Hall–Kier alpha value is -0.110. The van der Waals surface area contributed by atoms with Crippen LogP contribution in [0.2, 0.25) is 0 Å². The average molecular weight is 241 g/mol. The van der Waals surface area contributed by atoms with Crippen LogP contribution in [0.1, 0.15) is 0 Å². The van der Waals surface area contributed by atoms with E-state index in [-0.39, 0.29) is 0 Å². The molecule has 0 saturated carbocycles. The molecule has 0 radical (unpaired) electrons. The maximum absolute atomic E-state index is 11.7. The van der Waals surface area contributed by atoms with Gasteiger partial charge < -0.3 is 0 Å². The Morgan fingerprint density at radius 3 is 1.70 bits per heavy atom. The van der Waals surface area contributed by atoms with Crippen LogP contribution in [0.4, 0.5) is 12.7 Å². The number of carbonyl (C=O) groups is 1. The molecule has 0 spiro atoms. The van der Waals surface area contributed by atoms with E-state index >= 15 is 0 Å². The Bertz CT molecular complexity index is 244. The first-order valence-electron chi connectivity index (χ1n) is 1.71. The molecule has 0 saturated heterocycles. The van der Waals surface area contributed by atoms with Gasteiger partial charge in [0.15, 0.2) is 0 Å². The zero-order chi connectivity index (χ0) is 8.58. The third-order valence-corrected chi connectivity index (χ3v) is 2.09. The molecule has 0 atom stereocenters. The smallest absolute Gasteiger partial charge is 0.278 e. The molecule has 60 valence electrons. The van der Waals surface area contributed by atoms with Gasteiger partial charge in [-0.25, -0.2) is 0 Å². The summed E-state index contributed by atoms with van der Waals surface area (Å²) in [5.41, 5.74) is 0. The molecule has 0 unspecified atom stereocenters. The van der Waals surface area contributed by atoms with Gasteiger partial charge in [0.1, 0.15) is 0 Å². The molecule has 0 amide bonds. The molecule has 0 aromatic heterocycles. The summed E-state index contributed by atoms with van der Waals surface area (Å²) in [5, 5.41) is -4.98. The molecule has 0 bridgehead atoms. The number of hydrogen-bond donors (Lipinski definition) is 0. The Balaban J connectivity index is 4.95. The average Bonchev–Trinajstić information content (AvgIpc) is 1.62. The topological polar surface area (TPSA) is 51.2 Å². The van der Waals surface area contributed by atoms with Crippen molar-refractivity contribution in [2.75, 3.05) is 0 Å². The quantitative estimate of drug-likeness (QED) is 0.672. The fourth-order valence-electron chi connectivity index (χ4n) is 0.0958. The summed E-state index contributed by atoms with van der Waals surface area (Å²) in [6, 6.07) is 0. The molecule has 0 aromatic rings. The largest absolute Gasteiger partial charge is 0.441 e. The normalized spacial score (nSPS) is 13.2. The molecule has 10 heavy (non-hydrogen) atoms. The van der Waals surface area contributed by atoms with Crippen LogP contribution in [-0.4, -0.2) is 18.4 Å². The summed E-state index contributed by atoms with van der Waals surface area (Å²) in [7, 11) is -6.13. The molecule has 0 heterocycles. The van der Waals surface area contributed by atoms with Gasteiger partial charge in [0.2, 0.25) is 0 Å². The van der Waals surface area contributed by atoms with E-state index in [0.717, 1.165) is 0 Å². The lowest BCUT2D eigenvalue weighted by molar-refractivity contribution is -0.123. The second-order valence-corrected chi connectivity index (χ2v) is 3.34. The van der Waals surface area contributed by atoms with E-state index < -0.39 is 20.2 Å². The summed E-state index contributed by atoms with van der Waals surface area (Å²) in [6.07, 6.45) is 0. The molecule has 0 N–H and O–H groups in total. The predicted molar refractivity (Wildman–Crippen MR) is 28.9 cm³/mol. The van der Waals surface area contributed by atoms with Crippen LogP contribution in [0.5, 0.6) is 0 Å². The van der Waals surface area contributed by atoms with E-state index in [1.165, 1.54) is 0 Å². The number of alkyl halides is 2. The van der Waals surface area contributed by atoms with Gasteiger partial charge in [0.25, 0.3) is 4.69 Å². The number of halogens is 4. The minimum atomic E-state index is -6.13. The van der Waals surface area contributed by atoms with E-state index in [9.17, 15) is 25.9 Å². The van der Waals surface area contributed by atoms with Gasteiger partial charge >= 0.3 is 15.5 Å². The van der Waals surface area contributed by atoms with Crippen LogP contribution in [0.15, 0.2) is 0 Å². The van der Waals surface area contributed by atoms with Crippen molar-refractivity contribution in [2.24, 2.45) is 0 Å². The van der Waals surface area contributed by atoms with Crippen molar-refractivity contribution in [3.05, 3.63) is 0 Å². The number of carbonyl (C=O) groups excluding carboxylic acids is 1. The van der Waals surface area contributed by atoms with Gasteiger partial charge in [0.05, 0.1) is 0 Å². The third-order valence-electron chi connectivity index (χ3n) is 0.535. The van der Waals surface area contributed by atoms with Crippen LogP contribution < -0.4 is 0 Å². The third kappa shape index (κ3) is 1.69. The summed E-state index contributed by atoms with van der Waals surface area (Å²) in [6.45, 7) is 0. The fraction of sp³-hybridized carbons (Fsp3) is 0.500. The molecule has 0 aliphatic carbocycles. The summed E-state index contributed by atoms with van der Waals surface area (Å²) < 4.78 is 51.4. The zero-order valence-corrected chi connectivity index (χ0v) is 6.55. The van der Waals surface area contributed by atoms with E-state index in [1.54, 1.807) is 15.9 Å². The lowest BCUT2D eigenvalue weighted by Gasteiger charge is -2.03. The first-order chi connectivity index (χ1) is 4.19. The SMILES string of the molecule is O=C(Br)C(F)(F)S(=O)(=O)F. The Labute approximate surface area is 62.6 Å². The van der Waals surface area contributed by atoms with Crippen molar-refractivity contribution < 1.29 is 25.9 Å². The van der Waals surface area contributed by atoms with Crippen LogP contribution in [0, 0.1) is 0 Å². The predicted octanol–water partition coefficient (Wildman–Crippen LogP) is 0.800. The first-order valence-corrected chi connectivity index (χ1v) is 3.89. The van der Waals surface area contributed by atoms with Crippen LogP contribution in [0.3, 0.4) is 0 Å². The Kier molecular flexibility index (Phi) is 2.47. The Morgan fingerprint density at radius 1 is 1.40 bits per heavy atom. The van der Waals surface area contributed by atoms with Crippen molar-refractivity contribution in [1.82, 2.24) is 0 Å². The van der Waals surface area contributed by atoms with Gasteiger partial charge in [-0.1, -0.05) is 3.89 Å². The zero-order valence-electron chi connectivity index (χ0n) is 4.14. The van der Waals surface area contributed by atoms with Crippen molar-refractivity contribution in [3.8, 4) is 0 Å². The molecular formula is C2BrF3O3S. The van der Waals surface area contributed by atoms with Gasteiger partial charge in [-0.05, 0) is 0 Å². The van der Waals surface area contributed by atoms with Crippen LogP contribution in [0.25, 0.3) is 0 Å². The van der Waals surface area contributed by atoms with E-state index in [1.807, 2.05) is 0 Å². The second-order valence-electron chi connectivity index (χ2n) is 1.23. The Morgan fingerprint density at radius 2 is 1.70 bits per heavy atom. The van der Waals surface area contributed by atoms with E-state index in [0.29, 0.717) is 0 Å². The number of rotatable bonds is 2. The molecule has 3 nitrogen and oxygen atoms in total. The van der Waals surface area contributed by atoms with Gasteiger partial charge in [-0.2, -0.15) is 17.2 Å². The highest BCUT2D eigenvalue weighted by molar-refractivity contribution is 9.18. The van der Waals surface area contributed by atoms with Crippen LogP contribution >= 0.6 is 15.9 Å². The van der Waals surface area contributed by atoms with Crippen molar-refractivity contribution in [1.29, 1.82) is 0 Å². The molecule has 0 aromatic carbocycles. The monoisotopic (exact) mass is 240 g/mol. The molecular weight excluding hydrogens is 241 g/mol. The lowest BCUT2D eigenvalue weighted by Crippen LogP contribution is -2.31. The summed E-state index contributed by atoms with van der Waals surface area (Å²) in [4.78, 5) is 9.66. The van der Waals surface area contributed by atoms with E-state index in [2.05, 4.69) is 0 Å². The first kappa shape index (κ1) is 9.89.